The Hall–Kier alpha value is -9.44. The fourth-order valence-electron chi connectivity index (χ4n) is 11.5. The second-order valence-corrected chi connectivity index (χ2v) is 30.0. The number of carboxylic acids is 1. The van der Waals surface area contributed by atoms with Crippen molar-refractivity contribution >= 4 is 63.9 Å². The lowest BCUT2D eigenvalue weighted by molar-refractivity contribution is -0.157. The molecule has 0 heterocycles. The van der Waals surface area contributed by atoms with E-state index >= 15 is 0 Å². The highest BCUT2D eigenvalue weighted by Crippen LogP contribution is 2.41. The van der Waals surface area contributed by atoms with Crippen molar-refractivity contribution in [2.75, 3.05) is 14.2 Å². The molecule has 10 rings (SSSR count). The minimum atomic E-state index is -1.96. The molecular weight excluding hydrogens is 1430 g/mol. The molecule has 0 saturated carbocycles. The molecule has 0 aromatic heterocycles. The molecule has 0 aliphatic rings. The summed E-state index contributed by atoms with van der Waals surface area (Å²) in [7, 11) is 3.09. The van der Waals surface area contributed by atoms with Crippen LogP contribution in [-0.2, 0) is 31.2 Å². The quantitative estimate of drug-likeness (QED) is 0.0532. The first kappa shape index (κ1) is 87.5. The van der Waals surface area contributed by atoms with Gasteiger partial charge in [0.1, 0.15) is 34.3 Å². The number of hydrogen-bond acceptors (Lipinski definition) is 10. The first-order valence-electron chi connectivity index (χ1n) is 35.7. The van der Waals surface area contributed by atoms with Crippen LogP contribution < -0.4 is 9.47 Å². The molecule has 0 fully saturated rings. The highest BCUT2D eigenvalue weighted by molar-refractivity contribution is 6.36. The Morgan fingerprint density at radius 1 is 0.370 bits per heavy atom. The van der Waals surface area contributed by atoms with Gasteiger partial charge in [0.25, 0.3) is 0 Å². The summed E-state index contributed by atoms with van der Waals surface area (Å²) in [5.74, 6) is -0.844. The molecule has 16 heteroatoms. The fraction of sp³-hybridized carbons (Fsp3) is 0.293. The standard InChI is InChI=1S/C19H20F2O2.C19H22O2.C18H19ClO3.2C18H19ClO2/c1-11(2)13-6-5-7-14(8-13)18-16(20)9-15(10-17(18)21)19(4,23)12(3)22;1-13(2)16-6-5-7-17(12-16)15-8-10-18(11-9-15)19(4,21)14(3)20;1-11(2)12-5-4-6-13(9-12)15-8-7-14(10-16(15)19)18(3,22)17(20)21;1-11(2)13-6-5-7-14(8-13)16-10-18(21-4)15(12(3)20)9-17(16)19;1-11(2)13-6-5-7-14(10-13)16-9-8-15(12(3)20)18(21-4)17(16)19/h5-11,23H,1-4H3;5-13,21H,1-4H3;4-11,22H,1-3H3,(H,20,21);2*5-11H,1-4H3. The van der Waals surface area contributed by atoms with Gasteiger partial charge in [0.15, 0.2) is 28.7 Å². The van der Waals surface area contributed by atoms with Gasteiger partial charge in [-0.05, 0) is 192 Å². The molecule has 0 aliphatic heterocycles. The van der Waals surface area contributed by atoms with Crippen molar-refractivity contribution in [3.8, 4) is 67.1 Å². The lowest BCUT2D eigenvalue weighted by atomic mass is 9.89. The Morgan fingerprint density at radius 3 is 1.12 bits per heavy atom. The van der Waals surface area contributed by atoms with Crippen LogP contribution in [0.5, 0.6) is 11.5 Å². The van der Waals surface area contributed by atoms with Gasteiger partial charge in [-0.3, -0.25) is 19.2 Å². The van der Waals surface area contributed by atoms with Crippen LogP contribution >= 0.6 is 34.8 Å². The molecule has 0 amide bonds. The van der Waals surface area contributed by atoms with E-state index in [1.807, 2.05) is 92.7 Å². The maximum atomic E-state index is 14.5. The summed E-state index contributed by atoms with van der Waals surface area (Å²) in [6.07, 6.45) is 0. The Bertz CT molecular complexity index is 4770. The van der Waals surface area contributed by atoms with Gasteiger partial charge in [-0.15, -0.1) is 0 Å². The van der Waals surface area contributed by atoms with E-state index in [1.165, 1.54) is 83.9 Å². The van der Waals surface area contributed by atoms with Crippen molar-refractivity contribution in [1.82, 2.24) is 0 Å². The summed E-state index contributed by atoms with van der Waals surface area (Å²) >= 11 is 19.1. The van der Waals surface area contributed by atoms with Gasteiger partial charge in [-0.2, -0.15) is 0 Å². The number of ketones is 4. The van der Waals surface area contributed by atoms with Gasteiger partial charge in [0.2, 0.25) is 0 Å². The summed E-state index contributed by atoms with van der Waals surface area (Å²) in [4.78, 5) is 57.3. The molecule has 568 valence electrons. The van der Waals surface area contributed by atoms with E-state index in [1.54, 1.807) is 49.6 Å². The van der Waals surface area contributed by atoms with Crippen LogP contribution in [0, 0.1) is 11.6 Å². The number of carbonyl (C=O) groups is 5. The van der Waals surface area contributed by atoms with Crippen molar-refractivity contribution in [2.45, 2.75) is 164 Å². The topological polar surface area (TPSA) is 185 Å². The van der Waals surface area contributed by atoms with Crippen molar-refractivity contribution < 1.29 is 62.7 Å². The number of Topliss-reactive ketones (excluding diaryl/α,β-unsaturated/α-hetero) is 4. The molecule has 3 atom stereocenters. The summed E-state index contributed by atoms with van der Waals surface area (Å²) in [6, 6.07) is 61.6. The van der Waals surface area contributed by atoms with Gasteiger partial charge in [-0.1, -0.05) is 268 Å². The summed E-state index contributed by atoms with van der Waals surface area (Å²) in [6.45, 7) is 30.8. The van der Waals surface area contributed by atoms with E-state index in [0.717, 1.165) is 62.2 Å². The Kier molecular flexibility index (Phi) is 30.8. The molecule has 0 radical (unpaired) electrons. The molecule has 0 saturated heterocycles. The predicted molar refractivity (Wildman–Crippen MR) is 436 cm³/mol. The first-order chi connectivity index (χ1) is 50.6. The average Bonchev–Trinajstić information content (AvgIpc) is 0.789. The highest BCUT2D eigenvalue weighted by Gasteiger charge is 2.34. The summed E-state index contributed by atoms with van der Waals surface area (Å²) in [5, 5.41) is 40.8. The van der Waals surface area contributed by atoms with E-state index in [2.05, 4.69) is 116 Å². The second kappa shape index (κ2) is 38.1. The molecule has 10 aromatic carbocycles. The van der Waals surface area contributed by atoms with Crippen LogP contribution in [-0.4, -0.2) is 63.7 Å². The first-order valence-corrected chi connectivity index (χ1v) is 36.8. The third-order valence-electron chi connectivity index (χ3n) is 19.0. The Morgan fingerprint density at radius 2 is 0.731 bits per heavy atom. The molecule has 11 nitrogen and oxygen atoms in total. The van der Waals surface area contributed by atoms with E-state index in [4.69, 9.17) is 49.4 Å². The van der Waals surface area contributed by atoms with Crippen LogP contribution in [0.4, 0.5) is 8.78 Å². The van der Waals surface area contributed by atoms with Crippen LogP contribution in [0.15, 0.2) is 200 Å². The largest absolute Gasteiger partial charge is 0.496 e. The van der Waals surface area contributed by atoms with Crippen LogP contribution in [0.3, 0.4) is 0 Å². The number of aliphatic hydroxyl groups is 3. The zero-order valence-corrected chi connectivity index (χ0v) is 67.2. The molecule has 0 aliphatic carbocycles. The Labute approximate surface area is 650 Å². The maximum absolute atomic E-state index is 14.5. The van der Waals surface area contributed by atoms with Crippen LogP contribution in [0.25, 0.3) is 55.6 Å². The third kappa shape index (κ3) is 21.9. The number of aliphatic carboxylic acids is 1. The monoisotopic (exact) mass is 1520 g/mol. The number of methoxy groups -OCH3 is 2. The SMILES string of the molecule is CC(=O)C(C)(O)c1cc(F)c(-c2cccc(C(C)C)c2)c(F)c1.CC(=O)C(C)(O)c1ccc(-c2cccc(C(C)C)c2)cc1.CC(C)c1cccc(-c2ccc(C(C)(O)C(=O)O)cc2Cl)c1.COc1c(C(C)=O)ccc(-c2cccc(C(C)C)c2)c1Cl.COc1cc(-c2cccc(C(C)C)c2)c(Cl)cc1C(C)=O. The predicted octanol–water partition coefficient (Wildman–Crippen LogP) is 23.9. The minimum Gasteiger partial charge on any atom is -0.496 e. The second-order valence-electron chi connectivity index (χ2n) is 28.8. The van der Waals surface area contributed by atoms with Gasteiger partial charge >= 0.3 is 5.97 Å². The van der Waals surface area contributed by atoms with Crippen molar-refractivity contribution in [1.29, 1.82) is 0 Å². The third-order valence-corrected chi connectivity index (χ3v) is 20.0. The van der Waals surface area contributed by atoms with Crippen molar-refractivity contribution in [3.05, 3.63) is 283 Å². The minimum absolute atomic E-state index is 0.0590. The van der Waals surface area contributed by atoms with E-state index in [-0.39, 0.29) is 40.0 Å². The Balaban J connectivity index is 0.000000211. The number of carbonyl (C=O) groups excluding carboxylic acids is 4. The number of hydrogen-bond donors (Lipinski definition) is 4. The van der Waals surface area contributed by atoms with Crippen LogP contribution in [0.1, 0.15) is 213 Å². The number of halogens is 5. The summed E-state index contributed by atoms with van der Waals surface area (Å²) < 4.78 is 39.6. The highest BCUT2D eigenvalue weighted by atomic mass is 35.5. The lowest BCUT2D eigenvalue weighted by Crippen LogP contribution is -2.31. The zero-order chi connectivity index (χ0) is 80.6. The number of ether oxygens (including phenoxy) is 2. The van der Waals surface area contributed by atoms with E-state index in [0.29, 0.717) is 72.5 Å². The molecule has 3 unspecified atom stereocenters. The molecule has 10 aromatic rings. The lowest BCUT2D eigenvalue weighted by Gasteiger charge is -2.21. The van der Waals surface area contributed by atoms with Gasteiger partial charge in [0.05, 0.1) is 35.9 Å². The number of carboxylic acid groups (broad SMARTS) is 1. The van der Waals surface area contributed by atoms with E-state index < -0.39 is 40.2 Å². The number of benzene rings is 10. The molecule has 4 N–H and O–H groups in total. The van der Waals surface area contributed by atoms with Crippen molar-refractivity contribution in [2.24, 2.45) is 0 Å². The number of rotatable bonds is 20. The van der Waals surface area contributed by atoms with E-state index in [9.17, 15) is 48.1 Å². The summed E-state index contributed by atoms with van der Waals surface area (Å²) in [5.41, 5.74) is 10.6. The van der Waals surface area contributed by atoms with Gasteiger partial charge < -0.3 is 29.9 Å². The van der Waals surface area contributed by atoms with Crippen molar-refractivity contribution in [3.63, 3.8) is 0 Å². The molecule has 108 heavy (non-hydrogen) atoms. The smallest absolute Gasteiger partial charge is 0.340 e. The normalized spacial score (nSPS) is 12.7. The molecule has 0 bridgehead atoms. The van der Waals surface area contributed by atoms with Gasteiger partial charge in [0, 0.05) is 26.7 Å². The maximum Gasteiger partial charge on any atom is 0.340 e. The fourth-order valence-corrected chi connectivity index (χ4v) is 12.4. The van der Waals surface area contributed by atoms with Crippen LogP contribution in [0.2, 0.25) is 15.1 Å². The molecule has 0 spiro atoms. The van der Waals surface area contributed by atoms with Gasteiger partial charge in [-0.25, -0.2) is 13.6 Å². The zero-order valence-electron chi connectivity index (χ0n) is 65.0. The molecular formula is C92H99Cl3F2O11. The average molecular weight is 1530 g/mol.